The number of phosphoric ester groups is 1. The smallest absolute Gasteiger partial charge is 0.456 e. The molecule has 6 heterocycles. The summed E-state index contributed by atoms with van der Waals surface area (Å²) in [6, 6.07) is 13.9. The van der Waals surface area contributed by atoms with E-state index in [1.165, 1.54) is 9.47 Å². The van der Waals surface area contributed by atoms with Gasteiger partial charge < -0.3 is 65.1 Å². The maximum atomic E-state index is 14.8. The average molecular weight is 1400 g/mol. The highest BCUT2D eigenvalue weighted by atomic mass is 32.5. The van der Waals surface area contributed by atoms with Gasteiger partial charge in [0, 0.05) is 92.7 Å². The van der Waals surface area contributed by atoms with Gasteiger partial charge in [0.25, 0.3) is 26.1 Å². The van der Waals surface area contributed by atoms with Crippen molar-refractivity contribution in [3.8, 4) is 11.5 Å². The molecule has 1 saturated heterocycles. The van der Waals surface area contributed by atoms with E-state index >= 15 is 0 Å². The van der Waals surface area contributed by atoms with Crippen molar-refractivity contribution in [2.24, 2.45) is 0 Å². The number of fused-ring (bicyclic) bond motifs is 5. The predicted octanol–water partition coefficient (Wildman–Crippen LogP) is 2.71. The summed E-state index contributed by atoms with van der Waals surface area (Å²) in [6.07, 6.45) is -2.08. The molecule has 92 heavy (non-hydrogen) atoms. The van der Waals surface area contributed by atoms with Gasteiger partial charge in [0.1, 0.15) is 53.6 Å². The second kappa shape index (κ2) is 26.4. The van der Waals surface area contributed by atoms with E-state index in [0.717, 1.165) is 12.7 Å². The zero-order valence-electron chi connectivity index (χ0n) is 50.3. The largest absolute Gasteiger partial charge is 0.488 e. The van der Waals surface area contributed by atoms with Crippen LogP contribution in [-0.4, -0.2) is 180 Å². The van der Waals surface area contributed by atoms with Gasteiger partial charge in [-0.25, -0.2) is 37.8 Å². The van der Waals surface area contributed by atoms with Gasteiger partial charge in [-0.3, -0.25) is 27.8 Å². The van der Waals surface area contributed by atoms with E-state index in [9.17, 15) is 74.1 Å². The lowest BCUT2D eigenvalue weighted by molar-refractivity contribution is -0.121. The van der Waals surface area contributed by atoms with Crippen molar-refractivity contribution < 1.29 is 101 Å². The third kappa shape index (κ3) is 15.7. The summed E-state index contributed by atoms with van der Waals surface area (Å²) in [7, 11) is -19.0. The topological polar surface area (TPSA) is 454 Å². The standard InChI is InChI=1S/C54H67N10O22P3S3/c1-8-63-38-21-40-36(19-34(38)30(23-53(63,3)4)26-91(75,76)77)44(37-20-35-31(27-92(78,79)80)24-54(5,6)64(9-2)39(35)22-41(37)82-40)32-13-10-11-14-33(32)50(67)61(7)18-12-15-43(65)56-16-17-57-52(68)84-47-42(25-81-87(69,70)85-88(71,72)86-89(73,74)90)83-51(46(47)66)62-29-60-45-48(55)58-28-59-49(45)62/h10-11,13-14,19-24,28-29,42,46-47,51,66H,8-9,12,15-18,25-27H2,1-7H3,(H9-,55,56,57,58,59,65,68,69,70,71,72,73,74,75,76,77,78,79,80,90)/p+1/t42-,46-,47-,51-/m1/s1. The number of nitrogens with two attached hydrogens (primary N) is 1. The second-order valence-corrected chi connectivity index (χ2v) is 31.6. The Labute approximate surface area is 532 Å². The number of hydrogen-bond donors (Lipinski definition) is 10. The van der Waals surface area contributed by atoms with E-state index in [1.807, 2.05) is 41.5 Å². The number of aliphatic hydroxyl groups is 1. The molecule has 1 fully saturated rings. The number of aliphatic hydroxyl groups excluding tert-OH is 1. The van der Waals surface area contributed by atoms with Crippen LogP contribution < -0.4 is 41.2 Å². The Morgan fingerprint density at radius 3 is 2.20 bits per heavy atom. The van der Waals surface area contributed by atoms with Crippen molar-refractivity contribution in [1.82, 2.24) is 39.6 Å². The molecule has 0 radical (unpaired) electrons. The van der Waals surface area contributed by atoms with Gasteiger partial charge in [0.15, 0.2) is 29.3 Å². The number of anilines is 2. The number of likely N-dealkylation sites (N-methyl/N-ethyl adjacent to an activating group) is 2. The fraction of sp³-hybridized carbons (Fsp3) is 0.426. The molecule has 0 saturated carbocycles. The van der Waals surface area contributed by atoms with Crippen LogP contribution in [0.4, 0.5) is 16.3 Å². The third-order valence-electron chi connectivity index (χ3n) is 15.4. The van der Waals surface area contributed by atoms with Crippen LogP contribution in [0.3, 0.4) is 0 Å². The summed E-state index contributed by atoms with van der Waals surface area (Å²) in [5.41, 5.74) is 8.27. The van der Waals surface area contributed by atoms with Crippen molar-refractivity contribution in [3.63, 3.8) is 0 Å². The Morgan fingerprint density at radius 2 is 1.53 bits per heavy atom. The van der Waals surface area contributed by atoms with Gasteiger partial charge in [-0.05, 0) is 86.9 Å². The maximum absolute atomic E-state index is 14.8. The summed E-state index contributed by atoms with van der Waals surface area (Å²) in [5.74, 6) is -1.73. The summed E-state index contributed by atoms with van der Waals surface area (Å²) < 4.78 is 130. The summed E-state index contributed by atoms with van der Waals surface area (Å²) >= 11 is 4.11. The quantitative estimate of drug-likeness (QED) is 0.0180. The highest BCUT2D eigenvalue weighted by Crippen LogP contribution is 2.66. The number of ether oxygens (including phenoxy) is 3. The molecule has 3 amide bonds. The molecule has 38 heteroatoms. The molecular weight excluding hydrogens is 1330 g/mol. The minimum absolute atomic E-state index is 0.0410. The number of imidazole rings is 1. The molecule has 0 bridgehead atoms. The number of hydrogen-bond acceptors (Lipinski definition) is 22. The number of benzene rings is 3. The number of nitrogens with zero attached hydrogens (tertiary/aromatic N) is 7. The number of carbonyl (C=O) groups excluding carboxylic acids is 3. The molecule has 11 N–H and O–H groups in total. The summed E-state index contributed by atoms with van der Waals surface area (Å²) in [6.45, 7) is 6.16. The van der Waals surface area contributed by atoms with Crippen LogP contribution >= 0.6 is 22.4 Å². The van der Waals surface area contributed by atoms with E-state index in [2.05, 4.69) is 55.5 Å². The second-order valence-electron chi connectivity index (χ2n) is 22.8. The summed E-state index contributed by atoms with van der Waals surface area (Å²) in [4.78, 5) is 95.3. The van der Waals surface area contributed by atoms with Gasteiger partial charge in [-0.1, -0.05) is 24.3 Å². The Hall–Kier alpha value is -6.46. The molecule has 4 aliphatic rings. The number of nitrogens with one attached hydrogen (secondary N) is 2. The van der Waals surface area contributed by atoms with E-state index in [1.54, 1.807) is 67.7 Å². The number of nitrogen functional groups attached to an aromatic ring is 1. The maximum Gasteiger partial charge on any atom is 0.488 e. The van der Waals surface area contributed by atoms with E-state index in [-0.39, 0.29) is 55.0 Å². The molecule has 0 spiro atoms. The molecule has 0 aliphatic carbocycles. The number of aromatic nitrogens is 4. The van der Waals surface area contributed by atoms with Crippen LogP contribution in [0.5, 0.6) is 11.5 Å². The van der Waals surface area contributed by atoms with Gasteiger partial charge in [-0.15, -0.1) is 0 Å². The first-order valence-electron chi connectivity index (χ1n) is 28.2. The van der Waals surface area contributed by atoms with Gasteiger partial charge in [0.05, 0.1) is 30.1 Å². The fourth-order valence-corrected chi connectivity index (χ4v) is 16.9. The van der Waals surface area contributed by atoms with Gasteiger partial charge >= 0.3 is 28.5 Å². The minimum Gasteiger partial charge on any atom is -0.456 e. The van der Waals surface area contributed by atoms with Crippen molar-refractivity contribution >= 4 is 112 Å². The van der Waals surface area contributed by atoms with Crippen molar-refractivity contribution in [3.05, 3.63) is 112 Å². The Morgan fingerprint density at radius 1 is 0.859 bits per heavy atom. The molecule has 9 rings (SSSR count). The van der Waals surface area contributed by atoms with Gasteiger partial charge in [0.2, 0.25) is 11.3 Å². The van der Waals surface area contributed by atoms with Crippen LogP contribution in [0.1, 0.15) is 93.2 Å². The Bertz CT molecular complexity index is 4410. The summed E-state index contributed by atoms with van der Waals surface area (Å²) in [5, 5.41) is 17.5. The van der Waals surface area contributed by atoms with Crippen molar-refractivity contribution in [1.29, 1.82) is 0 Å². The first-order valence-corrected chi connectivity index (χ1v) is 37.1. The monoisotopic (exact) mass is 1400 g/mol. The molecular formula is C54H68N10O22P3S3+. The molecule has 3 aromatic carbocycles. The minimum atomic E-state index is -5.73. The SMILES string of the molecule is CCN1c2cc3c(cc2C(CS(=O)(=O)O)=CC1(C)C)C(c1ccccc1C(=O)N(C)CCCC(=O)NCCNC(=O)O[C@H]1[C@@H](O)[C@H](n2cnc4c(N)ncnc42)O[C@@H]1COP(=O)(O)OP(=O)(O)OP(O)(O)=S)=c1cc2c(cc1O3)=[N+](CC)C(C)(C)C=C2CS(=O)(=O)O. The zero-order chi connectivity index (χ0) is 67.4. The van der Waals surface area contributed by atoms with E-state index in [4.69, 9.17) is 24.5 Å². The van der Waals surface area contributed by atoms with Crippen LogP contribution in [0, 0.1) is 0 Å². The van der Waals surface area contributed by atoms with E-state index in [0.29, 0.717) is 79.8 Å². The molecule has 5 aromatic rings. The predicted molar refractivity (Wildman–Crippen MR) is 336 cm³/mol. The van der Waals surface area contributed by atoms with Crippen LogP contribution in [0.2, 0.25) is 0 Å². The first kappa shape index (κ1) is 69.9. The number of amides is 3. The van der Waals surface area contributed by atoms with Crippen molar-refractivity contribution in [2.75, 3.05) is 68.5 Å². The number of phosphoric acid groups is 2. The number of carbonyl (C=O) groups is 3. The highest BCUT2D eigenvalue weighted by Gasteiger charge is 2.50. The highest BCUT2D eigenvalue weighted by molar-refractivity contribution is 8.08. The molecule has 498 valence electrons. The molecule has 32 nitrogen and oxygen atoms in total. The first-order chi connectivity index (χ1) is 42.8. The molecule has 2 aromatic heterocycles. The number of rotatable bonds is 24. The average Bonchev–Trinajstić information content (AvgIpc) is 1.01. The van der Waals surface area contributed by atoms with E-state index < -0.39 is 114 Å². The Kier molecular flexibility index (Phi) is 20.0. The van der Waals surface area contributed by atoms with Crippen LogP contribution in [0.25, 0.3) is 27.9 Å². The Balaban J connectivity index is 0.915. The third-order valence-corrected chi connectivity index (χ3v) is 21.2. The number of alkyl carbamates (subject to hydrolysis) is 1. The normalized spacial score (nSPS) is 20.5. The molecule has 4 aliphatic heterocycles. The van der Waals surface area contributed by atoms with Crippen molar-refractivity contribution in [2.45, 2.75) is 90.0 Å². The lowest BCUT2D eigenvalue weighted by Gasteiger charge is -2.43. The molecule has 6 atom stereocenters. The lowest BCUT2D eigenvalue weighted by atomic mass is 9.83. The zero-order valence-corrected chi connectivity index (χ0v) is 55.5. The van der Waals surface area contributed by atoms with Gasteiger partial charge in [-0.2, -0.15) is 21.1 Å². The van der Waals surface area contributed by atoms with Crippen LogP contribution in [0.15, 0.2) is 73.3 Å². The lowest BCUT2D eigenvalue weighted by Crippen LogP contribution is -2.50. The fourth-order valence-electron chi connectivity index (χ4n) is 11.8. The molecule has 2 unspecified atom stereocenters. The van der Waals surface area contributed by atoms with Crippen LogP contribution in [-0.2, 0) is 68.6 Å².